The van der Waals surface area contributed by atoms with Crippen LogP contribution in [0.3, 0.4) is 0 Å². The van der Waals surface area contributed by atoms with Gasteiger partial charge in [-0.25, -0.2) is 4.98 Å². The lowest BCUT2D eigenvalue weighted by Gasteiger charge is -2.37. The Bertz CT molecular complexity index is 699. The number of hydrogen-bond acceptors (Lipinski definition) is 4. The van der Waals surface area contributed by atoms with Crippen LogP contribution in [0.15, 0.2) is 36.9 Å². The summed E-state index contributed by atoms with van der Waals surface area (Å²) in [7, 11) is 2.01. The molecule has 3 rings (SSSR count). The number of rotatable bonds is 7. The molecule has 0 radical (unpaired) electrons. The number of carbonyl (C=O) groups is 1. The van der Waals surface area contributed by atoms with Crippen molar-refractivity contribution >= 4 is 5.91 Å². The highest BCUT2D eigenvalue weighted by Gasteiger charge is 2.27. The first-order valence-corrected chi connectivity index (χ1v) is 9.48. The van der Waals surface area contributed by atoms with Crippen LogP contribution < -0.4 is 0 Å². The molecule has 26 heavy (non-hydrogen) atoms. The molecule has 0 saturated carbocycles. The van der Waals surface area contributed by atoms with Crippen LogP contribution in [-0.4, -0.2) is 56.4 Å². The van der Waals surface area contributed by atoms with Gasteiger partial charge in [-0.1, -0.05) is 0 Å². The van der Waals surface area contributed by atoms with E-state index in [4.69, 9.17) is 0 Å². The standard InChI is InChI=1S/C20H29N5O/c1-17-22-11-14-24(17)13-8-19-5-3-4-12-25(19)20(26)16-23(2)15-18-6-9-21-10-7-18/h6-7,9-11,14,19H,3-5,8,12-13,15-16H2,1-2H3/t19-/m0/s1. The molecule has 1 saturated heterocycles. The van der Waals surface area contributed by atoms with Crippen LogP contribution in [0.2, 0.25) is 0 Å². The van der Waals surface area contributed by atoms with Gasteiger partial charge in [-0.2, -0.15) is 0 Å². The highest BCUT2D eigenvalue weighted by Crippen LogP contribution is 2.21. The Morgan fingerprint density at radius 2 is 2.08 bits per heavy atom. The van der Waals surface area contributed by atoms with E-state index < -0.39 is 0 Å². The molecule has 1 aliphatic heterocycles. The van der Waals surface area contributed by atoms with Gasteiger partial charge in [0, 0.05) is 50.5 Å². The molecule has 2 aromatic rings. The molecule has 0 aromatic carbocycles. The Balaban J connectivity index is 1.54. The number of likely N-dealkylation sites (tertiary alicyclic amines) is 1. The summed E-state index contributed by atoms with van der Waals surface area (Å²) in [5, 5.41) is 0. The third kappa shape index (κ3) is 4.91. The zero-order valence-corrected chi connectivity index (χ0v) is 15.8. The number of carbonyl (C=O) groups excluding carboxylic acids is 1. The number of likely N-dealkylation sites (N-methyl/N-ethyl adjacent to an activating group) is 1. The van der Waals surface area contributed by atoms with Gasteiger partial charge in [-0.3, -0.25) is 14.7 Å². The molecule has 1 amide bonds. The fourth-order valence-electron chi connectivity index (χ4n) is 3.73. The smallest absolute Gasteiger partial charge is 0.236 e. The Kier molecular flexibility index (Phi) is 6.39. The first kappa shape index (κ1) is 18.6. The molecular weight excluding hydrogens is 326 g/mol. The summed E-state index contributed by atoms with van der Waals surface area (Å²) >= 11 is 0. The molecule has 0 spiro atoms. The van der Waals surface area contributed by atoms with Crippen molar-refractivity contribution < 1.29 is 4.79 Å². The van der Waals surface area contributed by atoms with Crippen LogP contribution in [0.1, 0.15) is 37.1 Å². The molecule has 6 heteroatoms. The van der Waals surface area contributed by atoms with Crippen LogP contribution in [0, 0.1) is 6.92 Å². The van der Waals surface area contributed by atoms with Gasteiger partial charge in [-0.05, 0) is 57.4 Å². The van der Waals surface area contributed by atoms with Gasteiger partial charge in [0.2, 0.25) is 5.91 Å². The Labute approximate surface area is 155 Å². The van der Waals surface area contributed by atoms with Crippen LogP contribution >= 0.6 is 0 Å². The number of imidazole rings is 1. The van der Waals surface area contributed by atoms with E-state index in [2.05, 4.69) is 24.3 Å². The van der Waals surface area contributed by atoms with E-state index in [0.29, 0.717) is 12.6 Å². The number of piperidine rings is 1. The molecule has 2 aromatic heterocycles. The SMILES string of the molecule is Cc1nccn1CC[C@@H]1CCCCN1C(=O)CN(C)Cc1ccncc1. The summed E-state index contributed by atoms with van der Waals surface area (Å²) in [6.45, 7) is 5.06. The van der Waals surface area contributed by atoms with E-state index in [1.165, 1.54) is 12.0 Å². The molecule has 6 nitrogen and oxygen atoms in total. The van der Waals surface area contributed by atoms with Crippen LogP contribution in [0.5, 0.6) is 0 Å². The summed E-state index contributed by atoms with van der Waals surface area (Å²) in [6.07, 6.45) is 11.9. The number of aromatic nitrogens is 3. The molecule has 1 aliphatic rings. The zero-order chi connectivity index (χ0) is 18.4. The third-order valence-electron chi connectivity index (χ3n) is 5.18. The Morgan fingerprint density at radius 3 is 2.81 bits per heavy atom. The molecular formula is C20H29N5O. The highest BCUT2D eigenvalue weighted by molar-refractivity contribution is 5.78. The van der Waals surface area contributed by atoms with Crippen LogP contribution in [0.25, 0.3) is 0 Å². The molecule has 0 bridgehead atoms. The molecule has 1 fully saturated rings. The number of nitrogens with zero attached hydrogens (tertiary/aromatic N) is 5. The largest absolute Gasteiger partial charge is 0.339 e. The second-order valence-electron chi connectivity index (χ2n) is 7.22. The third-order valence-corrected chi connectivity index (χ3v) is 5.18. The van der Waals surface area contributed by atoms with E-state index in [9.17, 15) is 4.79 Å². The van der Waals surface area contributed by atoms with Crippen molar-refractivity contribution in [1.82, 2.24) is 24.3 Å². The van der Waals surface area contributed by atoms with Crippen molar-refractivity contribution in [2.24, 2.45) is 0 Å². The maximum Gasteiger partial charge on any atom is 0.236 e. The average Bonchev–Trinajstić information content (AvgIpc) is 3.06. The maximum atomic E-state index is 12.9. The average molecular weight is 355 g/mol. The predicted octanol–water partition coefficient (Wildman–Crippen LogP) is 2.49. The second kappa shape index (κ2) is 8.94. The molecule has 140 valence electrons. The van der Waals surface area contributed by atoms with Gasteiger partial charge in [0.15, 0.2) is 0 Å². The molecule has 0 aliphatic carbocycles. The van der Waals surface area contributed by atoms with Gasteiger partial charge in [0.05, 0.1) is 6.54 Å². The van der Waals surface area contributed by atoms with Crippen molar-refractivity contribution in [2.45, 2.75) is 51.7 Å². The molecule has 0 N–H and O–H groups in total. The van der Waals surface area contributed by atoms with Gasteiger partial charge in [0.25, 0.3) is 0 Å². The number of pyridine rings is 1. The van der Waals surface area contributed by atoms with Crippen LogP contribution in [0.4, 0.5) is 0 Å². The molecule has 1 atom stereocenters. The van der Waals surface area contributed by atoms with Gasteiger partial charge in [0.1, 0.15) is 5.82 Å². The summed E-state index contributed by atoms with van der Waals surface area (Å²) < 4.78 is 2.17. The van der Waals surface area contributed by atoms with E-state index in [0.717, 1.165) is 44.7 Å². The summed E-state index contributed by atoms with van der Waals surface area (Å²) in [6, 6.07) is 4.34. The van der Waals surface area contributed by atoms with E-state index >= 15 is 0 Å². The Hall–Kier alpha value is -2.21. The predicted molar refractivity (Wildman–Crippen MR) is 102 cm³/mol. The highest BCUT2D eigenvalue weighted by atomic mass is 16.2. The normalized spacial score (nSPS) is 17.7. The molecule has 0 unspecified atom stereocenters. The van der Waals surface area contributed by atoms with Crippen molar-refractivity contribution in [3.8, 4) is 0 Å². The lowest BCUT2D eigenvalue weighted by molar-refractivity contribution is -0.136. The molecule has 3 heterocycles. The fourth-order valence-corrected chi connectivity index (χ4v) is 3.73. The minimum Gasteiger partial charge on any atom is -0.339 e. The van der Waals surface area contributed by atoms with Gasteiger partial charge >= 0.3 is 0 Å². The summed E-state index contributed by atoms with van der Waals surface area (Å²) in [4.78, 5) is 25.4. The van der Waals surface area contributed by atoms with Crippen molar-refractivity contribution in [3.05, 3.63) is 48.3 Å². The van der Waals surface area contributed by atoms with Crippen LogP contribution in [-0.2, 0) is 17.9 Å². The first-order valence-electron chi connectivity index (χ1n) is 9.48. The Morgan fingerprint density at radius 1 is 1.27 bits per heavy atom. The zero-order valence-electron chi connectivity index (χ0n) is 15.8. The van der Waals surface area contributed by atoms with Gasteiger partial charge in [-0.15, -0.1) is 0 Å². The van der Waals surface area contributed by atoms with Crippen molar-refractivity contribution in [1.29, 1.82) is 0 Å². The lowest BCUT2D eigenvalue weighted by Crippen LogP contribution is -2.47. The second-order valence-corrected chi connectivity index (χ2v) is 7.22. The number of hydrogen-bond donors (Lipinski definition) is 0. The fraction of sp³-hybridized carbons (Fsp3) is 0.550. The lowest BCUT2D eigenvalue weighted by atomic mass is 9.99. The maximum absolute atomic E-state index is 12.9. The van der Waals surface area contributed by atoms with Crippen molar-refractivity contribution in [3.63, 3.8) is 0 Å². The quantitative estimate of drug-likeness (QED) is 0.766. The summed E-state index contributed by atoms with van der Waals surface area (Å²) in [5.41, 5.74) is 1.18. The monoisotopic (exact) mass is 355 g/mol. The minimum atomic E-state index is 0.244. The number of amides is 1. The first-order chi connectivity index (χ1) is 12.6. The van der Waals surface area contributed by atoms with E-state index in [1.807, 2.05) is 38.5 Å². The summed E-state index contributed by atoms with van der Waals surface area (Å²) in [5.74, 6) is 1.28. The topological polar surface area (TPSA) is 54.3 Å². The van der Waals surface area contributed by atoms with E-state index in [-0.39, 0.29) is 5.91 Å². The minimum absolute atomic E-state index is 0.244. The van der Waals surface area contributed by atoms with E-state index in [1.54, 1.807) is 12.4 Å². The van der Waals surface area contributed by atoms with Gasteiger partial charge < -0.3 is 9.47 Å². The van der Waals surface area contributed by atoms with Crippen molar-refractivity contribution in [2.75, 3.05) is 20.1 Å². The number of aryl methyl sites for hydroxylation is 2.